The maximum atomic E-state index is 6.28. The van der Waals surface area contributed by atoms with Gasteiger partial charge in [0.1, 0.15) is 5.69 Å². The fourth-order valence-corrected chi connectivity index (χ4v) is 3.34. The lowest BCUT2D eigenvalue weighted by molar-refractivity contribution is 0.589. The molecule has 128 valence electrons. The Bertz CT molecular complexity index is 1150. The van der Waals surface area contributed by atoms with E-state index in [0.29, 0.717) is 5.89 Å². The third kappa shape index (κ3) is 2.91. The van der Waals surface area contributed by atoms with Crippen molar-refractivity contribution in [2.45, 2.75) is 0 Å². The SMILES string of the molecule is c1ccc(-c2nc(-c3ccc4ccccc4c3)oc2-c2ccccc2)cc1. The van der Waals surface area contributed by atoms with E-state index in [1.807, 2.05) is 48.5 Å². The molecule has 5 aromatic rings. The summed E-state index contributed by atoms with van der Waals surface area (Å²) in [5, 5.41) is 2.38. The van der Waals surface area contributed by atoms with Crippen LogP contribution in [0.2, 0.25) is 0 Å². The van der Waals surface area contributed by atoms with E-state index in [0.717, 1.165) is 28.1 Å². The summed E-state index contributed by atoms with van der Waals surface area (Å²) in [6.07, 6.45) is 0. The first-order valence-electron chi connectivity index (χ1n) is 8.99. The highest BCUT2D eigenvalue weighted by molar-refractivity contribution is 5.87. The fourth-order valence-electron chi connectivity index (χ4n) is 3.34. The van der Waals surface area contributed by atoms with Crippen LogP contribution in [0, 0.1) is 0 Å². The molecule has 27 heavy (non-hydrogen) atoms. The maximum Gasteiger partial charge on any atom is 0.227 e. The number of fused-ring (bicyclic) bond motifs is 1. The van der Waals surface area contributed by atoms with Crippen LogP contribution in [0.15, 0.2) is 108 Å². The third-order valence-electron chi connectivity index (χ3n) is 4.71. The second-order valence-corrected chi connectivity index (χ2v) is 6.49. The van der Waals surface area contributed by atoms with Crippen LogP contribution in [0.5, 0.6) is 0 Å². The topological polar surface area (TPSA) is 26.0 Å². The first-order valence-corrected chi connectivity index (χ1v) is 8.99. The Balaban J connectivity index is 1.70. The molecule has 0 aliphatic rings. The van der Waals surface area contributed by atoms with Crippen molar-refractivity contribution in [2.75, 3.05) is 0 Å². The van der Waals surface area contributed by atoms with Gasteiger partial charge in [-0.05, 0) is 22.9 Å². The van der Waals surface area contributed by atoms with Crippen LogP contribution in [0.3, 0.4) is 0 Å². The lowest BCUT2D eigenvalue weighted by Gasteiger charge is -2.01. The summed E-state index contributed by atoms with van der Waals surface area (Å²) in [4.78, 5) is 4.87. The van der Waals surface area contributed by atoms with E-state index in [4.69, 9.17) is 9.40 Å². The Morgan fingerprint density at radius 1 is 0.519 bits per heavy atom. The van der Waals surface area contributed by atoms with E-state index in [1.54, 1.807) is 0 Å². The molecule has 0 unspecified atom stereocenters. The Labute approximate surface area is 157 Å². The van der Waals surface area contributed by atoms with Crippen LogP contribution in [0.4, 0.5) is 0 Å². The summed E-state index contributed by atoms with van der Waals surface area (Å²) >= 11 is 0. The molecule has 0 saturated carbocycles. The van der Waals surface area contributed by atoms with E-state index >= 15 is 0 Å². The minimum Gasteiger partial charge on any atom is -0.435 e. The number of oxazole rings is 1. The number of nitrogens with zero attached hydrogens (tertiary/aromatic N) is 1. The summed E-state index contributed by atoms with van der Waals surface area (Å²) in [6, 6.07) is 35.0. The zero-order valence-corrected chi connectivity index (χ0v) is 14.7. The number of aromatic nitrogens is 1. The Hall–Kier alpha value is -3.65. The highest BCUT2D eigenvalue weighted by Gasteiger charge is 2.17. The second-order valence-electron chi connectivity index (χ2n) is 6.49. The molecule has 0 atom stereocenters. The molecule has 0 bridgehead atoms. The molecule has 0 spiro atoms. The summed E-state index contributed by atoms with van der Waals surface area (Å²) in [7, 11) is 0. The maximum absolute atomic E-state index is 6.28. The van der Waals surface area contributed by atoms with Gasteiger partial charge in [-0.25, -0.2) is 4.98 Å². The zero-order valence-electron chi connectivity index (χ0n) is 14.7. The minimum atomic E-state index is 0.637. The monoisotopic (exact) mass is 347 g/mol. The van der Waals surface area contributed by atoms with Crippen molar-refractivity contribution < 1.29 is 4.42 Å². The Morgan fingerprint density at radius 2 is 1.15 bits per heavy atom. The summed E-state index contributed by atoms with van der Waals surface area (Å²) in [6.45, 7) is 0. The number of hydrogen-bond acceptors (Lipinski definition) is 2. The molecule has 4 aromatic carbocycles. The number of rotatable bonds is 3. The van der Waals surface area contributed by atoms with Crippen molar-refractivity contribution in [3.05, 3.63) is 103 Å². The summed E-state index contributed by atoms with van der Waals surface area (Å²) in [5.74, 6) is 1.43. The number of hydrogen-bond donors (Lipinski definition) is 0. The van der Waals surface area contributed by atoms with E-state index in [1.165, 1.54) is 10.8 Å². The van der Waals surface area contributed by atoms with Gasteiger partial charge in [0.25, 0.3) is 0 Å². The highest BCUT2D eigenvalue weighted by Crippen LogP contribution is 2.36. The smallest absolute Gasteiger partial charge is 0.227 e. The van der Waals surface area contributed by atoms with Crippen LogP contribution in [0.25, 0.3) is 44.8 Å². The van der Waals surface area contributed by atoms with Crippen molar-refractivity contribution in [1.82, 2.24) is 4.98 Å². The third-order valence-corrected chi connectivity index (χ3v) is 4.71. The van der Waals surface area contributed by atoms with Gasteiger partial charge in [0.05, 0.1) is 0 Å². The Kier molecular flexibility index (Phi) is 3.80. The van der Waals surface area contributed by atoms with Gasteiger partial charge in [-0.3, -0.25) is 0 Å². The van der Waals surface area contributed by atoms with Crippen molar-refractivity contribution in [3.63, 3.8) is 0 Å². The van der Waals surface area contributed by atoms with E-state index in [2.05, 4.69) is 54.6 Å². The van der Waals surface area contributed by atoms with Crippen LogP contribution < -0.4 is 0 Å². The zero-order chi connectivity index (χ0) is 18.1. The van der Waals surface area contributed by atoms with Gasteiger partial charge in [0, 0.05) is 16.7 Å². The van der Waals surface area contributed by atoms with Crippen molar-refractivity contribution in [2.24, 2.45) is 0 Å². The molecule has 1 aromatic heterocycles. The predicted molar refractivity (Wildman–Crippen MR) is 110 cm³/mol. The average Bonchev–Trinajstić information content (AvgIpc) is 3.20. The Morgan fingerprint density at radius 3 is 1.89 bits per heavy atom. The largest absolute Gasteiger partial charge is 0.435 e. The van der Waals surface area contributed by atoms with Crippen LogP contribution in [-0.2, 0) is 0 Å². The predicted octanol–water partition coefficient (Wildman–Crippen LogP) is 6.83. The minimum absolute atomic E-state index is 0.637. The lowest BCUT2D eigenvalue weighted by Crippen LogP contribution is -1.82. The first-order chi connectivity index (χ1) is 13.4. The molecule has 2 heteroatoms. The first kappa shape index (κ1) is 15.6. The molecular weight excluding hydrogens is 330 g/mol. The van der Waals surface area contributed by atoms with Crippen LogP contribution in [0.1, 0.15) is 0 Å². The molecule has 0 amide bonds. The average molecular weight is 347 g/mol. The standard InChI is InChI=1S/C25H17NO/c1-3-10-19(11-4-1)23-24(20-12-5-2-6-13-20)27-25(26-23)22-16-15-18-9-7-8-14-21(18)17-22/h1-17H. The summed E-state index contributed by atoms with van der Waals surface area (Å²) in [5.41, 5.74) is 3.92. The van der Waals surface area contributed by atoms with E-state index < -0.39 is 0 Å². The van der Waals surface area contributed by atoms with Crippen molar-refractivity contribution in [3.8, 4) is 34.0 Å². The van der Waals surface area contributed by atoms with Gasteiger partial charge in [-0.2, -0.15) is 0 Å². The highest BCUT2D eigenvalue weighted by atomic mass is 16.4. The normalized spacial score (nSPS) is 11.0. The molecule has 0 aliphatic carbocycles. The molecule has 0 radical (unpaired) electrons. The number of benzene rings is 4. The van der Waals surface area contributed by atoms with Crippen molar-refractivity contribution >= 4 is 10.8 Å². The van der Waals surface area contributed by atoms with Gasteiger partial charge in [0.2, 0.25) is 5.89 Å². The van der Waals surface area contributed by atoms with Gasteiger partial charge in [-0.1, -0.05) is 91.0 Å². The fraction of sp³-hybridized carbons (Fsp3) is 0. The van der Waals surface area contributed by atoms with Gasteiger partial charge in [0.15, 0.2) is 5.76 Å². The summed E-state index contributed by atoms with van der Waals surface area (Å²) < 4.78 is 6.28. The molecule has 0 fully saturated rings. The molecule has 0 saturated heterocycles. The molecule has 2 nitrogen and oxygen atoms in total. The van der Waals surface area contributed by atoms with Gasteiger partial charge < -0.3 is 4.42 Å². The molecule has 0 N–H and O–H groups in total. The molecule has 5 rings (SSSR count). The molecular formula is C25H17NO. The molecule has 0 aliphatic heterocycles. The van der Waals surface area contributed by atoms with E-state index in [9.17, 15) is 0 Å². The van der Waals surface area contributed by atoms with Gasteiger partial charge in [-0.15, -0.1) is 0 Å². The quantitative estimate of drug-likeness (QED) is 0.357. The van der Waals surface area contributed by atoms with Gasteiger partial charge >= 0.3 is 0 Å². The van der Waals surface area contributed by atoms with Crippen LogP contribution >= 0.6 is 0 Å². The van der Waals surface area contributed by atoms with Crippen LogP contribution in [-0.4, -0.2) is 4.98 Å². The second kappa shape index (κ2) is 6.58. The van der Waals surface area contributed by atoms with E-state index in [-0.39, 0.29) is 0 Å². The lowest BCUT2D eigenvalue weighted by atomic mass is 10.1. The molecule has 1 heterocycles. The van der Waals surface area contributed by atoms with Crippen molar-refractivity contribution in [1.29, 1.82) is 0 Å².